The smallest absolute Gasteiger partial charge is 0.219 e. The molecule has 0 saturated heterocycles. The summed E-state index contributed by atoms with van der Waals surface area (Å²) in [6.45, 7) is 4.37. The highest BCUT2D eigenvalue weighted by Crippen LogP contribution is 2.26. The fourth-order valence-corrected chi connectivity index (χ4v) is 2.41. The first kappa shape index (κ1) is 13.9. The van der Waals surface area contributed by atoms with E-state index in [9.17, 15) is 4.79 Å². The van der Waals surface area contributed by atoms with Crippen LogP contribution in [0.5, 0.6) is 0 Å². The van der Waals surface area contributed by atoms with E-state index in [-0.39, 0.29) is 17.7 Å². The van der Waals surface area contributed by atoms with Crippen LogP contribution in [0, 0.1) is 0 Å². The van der Waals surface area contributed by atoms with E-state index in [0.717, 1.165) is 29.1 Å². The Morgan fingerprint density at radius 1 is 1.53 bits per heavy atom. The zero-order valence-corrected chi connectivity index (χ0v) is 12.1. The van der Waals surface area contributed by atoms with Gasteiger partial charge in [-0.05, 0) is 13.3 Å². The van der Waals surface area contributed by atoms with Crippen molar-refractivity contribution in [2.45, 2.75) is 38.6 Å². The Bertz CT molecular complexity index is 613. The number of halogens is 1. The minimum absolute atomic E-state index is 0.231. The summed E-state index contributed by atoms with van der Waals surface area (Å²) in [4.78, 5) is 15.6. The fourth-order valence-electron chi connectivity index (χ4n) is 2.24. The number of rotatable bonds is 5. The molecule has 104 valence electrons. The van der Waals surface area contributed by atoms with Crippen molar-refractivity contribution in [3.8, 4) is 0 Å². The van der Waals surface area contributed by atoms with E-state index < -0.39 is 0 Å². The minimum atomic E-state index is -0.340. The number of alkyl halides is 1. The highest BCUT2D eigenvalue weighted by molar-refractivity contribution is 6.20. The molecule has 7 heteroatoms. The molecule has 0 spiro atoms. The molecule has 0 fully saturated rings. The van der Waals surface area contributed by atoms with Gasteiger partial charge in [0, 0.05) is 20.0 Å². The molecular weight excluding hydrogens is 266 g/mol. The van der Waals surface area contributed by atoms with E-state index in [1.165, 1.54) is 0 Å². The second-order valence-electron chi connectivity index (χ2n) is 4.55. The van der Waals surface area contributed by atoms with Crippen LogP contribution in [0.2, 0.25) is 0 Å². The predicted molar refractivity (Wildman–Crippen MR) is 74.0 cm³/mol. The van der Waals surface area contributed by atoms with Crippen LogP contribution in [-0.2, 0) is 24.8 Å². The lowest BCUT2D eigenvalue weighted by Crippen LogP contribution is -2.16. The maximum Gasteiger partial charge on any atom is 0.219 e. The molecule has 0 aliphatic heterocycles. The van der Waals surface area contributed by atoms with Gasteiger partial charge in [0.25, 0.3) is 0 Å². The molecule has 2 heterocycles. The molecule has 0 bridgehead atoms. The monoisotopic (exact) mass is 283 g/mol. The number of imidazole rings is 1. The Hall–Kier alpha value is -1.56. The maximum atomic E-state index is 11.0. The lowest BCUT2D eigenvalue weighted by Gasteiger charge is -2.09. The van der Waals surface area contributed by atoms with E-state index in [4.69, 9.17) is 17.3 Å². The van der Waals surface area contributed by atoms with E-state index in [2.05, 4.69) is 10.1 Å². The quantitative estimate of drug-likeness (QED) is 0.845. The van der Waals surface area contributed by atoms with Gasteiger partial charge in [-0.3, -0.25) is 9.48 Å². The average molecular weight is 284 g/mol. The minimum Gasteiger partial charge on any atom is -0.370 e. The summed E-state index contributed by atoms with van der Waals surface area (Å²) in [5, 5.41) is 4.20. The first-order valence-corrected chi connectivity index (χ1v) is 6.73. The number of carbonyl (C=O) groups excluding carboxylic acids is 1. The maximum absolute atomic E-state index is 11.0. The Morgan fingerprint density at radius 2 is 2.21 bits per heavy atom. The molecule has 1 amide bonds. The molecule has 0 aromatic carbocycles. The van der Waals surface area contributed by atoms with Gasteiger partial charge in [-0.1, -0.05) is 6.92 Å². The molecule has 2 N–H and O–H groups in total. The van der Waals surface area contributed by atoms with Crippen LogP contribution in [0.1, 0.15) is 37.2 Å². The topological polar surface area (TPSA) is 78.7 Å². The molecule has 2 rings (SSSR count). The zero-order chi connectivity index (χ0) is 14.2. The van der Waals surface area contributed by atoms with E-state index >= 15 is 0 Å². The number of aryl methyl sites for hydroxylation is 3. The fraction of sp³-hybridized carbons (Fsp3) is 0.583. The van der Waals surface area contributed by atoms with Crippen molar-refractivity contribution in [2.24, 2.45) is 12.8 Å². The van der Waals surface area contributed by atoms with Crippen molar-refractivity contribution < 1.29 is 4.79 Å². The third-order valence-corrected chi connectivity index (χ3v) is 3.29. The summed E-state index contributed by atoms with van der Waals surface area (Å²) in [6, 6.07) is 0. The van der Waals surface area contributed by atoms with Crippen molar-refractivity contribution in [2.75, 3.05) is 0 Å². The number of aromatic nitrogens is 4. The van der Waals surface area contributed by atoms with Crippen molar-refractivity contribution >= 4 is 28.7 Å². The standard InChI is InChI=1S/C12H18ClN5O/c1-4-8-10-12(17(3)16-8)18(6-5-9(14)19)11(15-10)7(2)13/h7H,4-6H2,1-3H3,(H2,14,19). The second kappa shape index (κ2) is 5.21. The van der Waals surface area contributed by atoms with Crippen LogP contribution in [0.25, 0.3) is 11.2 Å². The molecule has 0 aliphatic rings. The number of amides is 1. The Kier molecular flexibility index (Phi) is 3.80. The van der Waals surface area contributed by atoms with E-state index in [0.29, 0.717) is 6.54 Å². The summed E-state index contributed by atoms with van der Waals surface area (Å²) in [5.74, 6) is 0.411. The molecule has 0 radical (unpaired) electrons. The first-order chi connectivity index (χ1) is 8.95. The van der Waals surface area contributed by atoms with Gasteiger partial charge in [0.2, 0.25) is 5.91 Å². The second-order valence-corrected chi connectivity index (χ2v) is 5.20. The Labute approximate surface area is 116 Å². The first-order valence-electron chi connectivity index (χ1n) is 6.30. The lowest BCUT2D eigenvalue weighted by atomic mass is 10.3. The molecule has 2 aromatic heterocycles. The number of nitrogens with zero attached hydrogens (tertiary/aromatic N) is 4. The molecule has 2 aromatic rings. The summed E-state index contributed by atoms with van der Waals surface area (Å²) in [6.07, 6.45) is 1.06. The van der Waals surface area contributed by atoms with Gasteiger partial charge >= 0.3 is 0 Å². The highest BCUT2D eigenvalue weighted by Gasteiger charge is 2.21. The average Bonchev–Trinajstić information content (AvgIpc) is 2.85. The molecule has 1 unspecified atom stereocenters. The molecule has 6 nitrogen and oxygen atoms in total. The van der Waals surface area contributed by atoms with Crippen LogP contribution >= 0.6 is 11.6 Å². The van der Waals surface area contributed by atoms with Crippen LogP contribution < -0.4 is 5.73 Å². The van der Waals surface area contributed by atoms with E-state index in [1.54, 1.807) is 4.68 Å². The molecule has 19 heavy (non-hydrogen) atoms. The largest absolute Gasteiger partial charge is 0.370 e. The van der Waals surface area contributed by atoms with Gasteiger partial charge in [0.1, 0.15) is 11.3 Å². The lowest BCUT2D eigenvalue weighted by molar-refractivity contribution is -0.118. The number of carbonyl (C=O) groups is 1. The van der Waals surface area contributed by atoms with Crippen LogP contribution in [0.3, 0.4) is 0 Å². The van der Waals surface area contributed by atoms with Crippen molar-refractivity contribution in [1.82, 2.24) is 19.3 Å². The third-order valence-electron chi connectivity index (χ3n) is 3.09. The van der Waals surface area contributed by atoms with Crippen LogP contribution in [0.15, 0.2) is 0 Å². The van der Waals surface area contributed by atoms with E-state index in [1.807, 2.05) is 25.5 Å². The number of nitrogens with two attached hydrogens (primary N) is 1. The van der Waals surface area contributed by atoms with Gasteiger partial charge in [-0.25, -0.2) is 4.98 Å². The summed E-state index contributed by atoms with van der Waals surface area (Å²) >= 11 is 6.17. The molecule has 1 atom stereocenters. The molecular formula is C12H18ClN5O. The predicted octanol–water partition coefficient (Wildman–Crippen LogP) is 1.51. The van der Waals surface area contributed by atoms with Crippen molar-refractivity contribution in [3.05, 3.63) is 11.5 Å². The van der Waals surface area contributed by atoms with Gasteiger partial charge in [0.15, 0.2) is 5.65 Å². The summed E-state index contributed by atoms with van der Waals surface area (Å²) < 4.78 is 3.72. The normalized spacial score (nSPS) is 13.1. The summed E-state index contributed by atoms with van der Waals surface area (Å²) in [7, 11) is 1.87. The number of hydrogen-bond acceptors (Lipinski definition) is 3. The van der Waals surface area contributed by atoms with Gasteiger partial charge in [-0.2, -0.15) is 5.10 Å². The number of hydrogen-bond donors (Lipinski definition) is 1. The van der Waals surface area contributed by atoms with Gasteiger partial charge < -0.3 is 10.3 Å². The zero-order valence-electron chi connectivity index (χ0n) is 11.4. The van der Waals surface area contributed by atoms with Crippen molar-refractivity contribution in [1.29, 1.82) is 0 Å². The summed E-state index contributed by atoms with van der Waals surface area (Å²) in [5.41, 5.74) is 7.91. The van der Waals surface area contributed by atoms with Gasteiger partial charge in [0.05, 0.1) is 11.1 Å². The highest BCUT2D eigenvalue weighted by atomic mass is 35.5. The number of primary amides is 1. The van der Waals surface area contributed by atoms with Crippen LogP contribution in [-0.4, -0.2) is 25.2 Å². The van der Waals surface area contributed by atoms with Crippen molar-refractivity contribution in [3.63, 3.8) is 0 Å². The molecule has 0 aliphatic carbocycles. The van der Waals surface area contributed by atoms with Gasteiger partial charge in [-0.15, -0.1) is 11.6 Å². The Morgan fingerprint density at radius 3 is 2.74 bits per heavy atom. The molecule has 0 saturated carbocycles. The Balaban J connectivity index is 2.58. The third kappa shape index (κ3) is 2.45. The number of fused-ring (bicyclic) bond motifs is 1. The SMILES string of the molecule is CCc1nn(C)c2c1nc(C(C)Cl)n2CCC(N)=O. The van der Waals surface area contributed by atoms with Crippen LogP contribution in [0.4, 0.5) is 0 Å².